The molecule has 0 spiro atoms. The molecule has 0 saturated heterocycles. The molecule has 1 aromatic rings. The van der Waals surface area contributed by atoms with Gasteiger partial charge in [0.05, 0.1) is 5.97 Å². The van der Waals surface area contributed by atoms with Crippen LogP contribution in [0.5, 0.6) is 0 Å². The van der Waals surface area contributed by atoms with Crippen molar-refractivity contribution in [1.29, 1.82) is 0 Å². The van der Waals surface area contributed by atoms with Gasteiger partial charge in [-0.2, -0.15) is 0 Å². The average molecular weight is 432 g/mol. The molecule has 1 rings (SSSR count). The largest absolute Gasteiger partial charge is 1.00 e. The van der Waals surface area contributed by atoms with E-state index >= 15 is 0 Å². The molecule has 0 aliphatic carbocycles. The van der Waals surface area contributed by atoms with Gasteiger partial charge in [-0.05, 0) is 29.9 Å². The van der Waals surface area contributed by atoms with E-state index in [1.54, 1.807) is 18.2 Å². The number of carboxylic acids is 1. The summed E-state index contributed by atoms with van der Waals surface area (Å²) in [4.78, 5) is 10.6. The molecule has 0 fully saturated rings. The van der Waals surface area contributed by atoms with Crippen LogP contribution in [0, 0.1) is 0 Å². The van der Waals surface area contributed by atoms with E-state index in [4.69, 9.17) is 12.2 Å². The minimum atomic E-state index is -1.21. The van der Waals surface area contributed by atoms with Crippen molar-refractivity contribution < 1.29 is 32.3 Å². The maximum Gasteiger partial charge on any atom is 1.00 e. The summed E-state index contributed by atoms with van der Waals surface area (Å²) in [6.45, 7) is 4.09. The smallest absolute Gasteiger partial charge is 0.545 e. The van der Waals surface area contributed by atoms with Gasteiger partial charge in [-0.1, -0.05) is 18.2 Å². The second-order valence-electron chi connectivity index (χ2n) is 2.99. The van der Waals surface area contributed by atoms with Crippen molar-refractivity contribution in [2.75, 3.05) is 11.9 Å². The predicted molar refractivity (Wildman–Crippen MR) is 65.2 cm³/mol. The van der Waals surface area contributed by atoms with Crippen LogP contribution in [0.15, 0.2) is 36.9 Å². The van der Waals surface area contributed by atoms with Gasteiger partial charge in [-0.25, -0.2) is 0 Å². The van der Waals surface area contributed by atoms with Crippen molar-refractivity contribution in [3.05, 3.63) is 42.5 Å². The number of benzene rings is 1. The minimum Gasteiger partial charge on any atom is -0.545 e. The molecule has 4 nitrogen and oxygen atoms in total. The standard InChI is InChI=1S/C11H12N2O2S.Au/c1-2-6-12-11(16)13-9-5-3-4-8(7-9)10(14)15;/h2-5,7H,1,6H2,(H,14,15)(H2,12,13,16);/q;+1/p-1. The Morgan fingerprint density at radius 1 is 1.53 bits per heavy atom. The molecule has 6 heteroatoms. The molecule has 0 atom stereocenters. The monoisotopic (exact) mass is 432 g/mol. The third kappa shape index (κ3) is 5.65. The number of thiocarbonyl (C=S) groups is 1. The van der Waals surface area contributed by atoms with E-state index in [2.05, 4.69) is 17.2 Å². The molecule has 0 radical (unpaired) electrons. The van der Waals surface area contributed by atoms with Crippen LogP contribution in [0.3, 0.4) is 0 Å². The fraction of sp³-hybridized carbons (Fsp3) is 0.0909. The topological polar surface area (TPSA) is 64.2 Å². The Kier molecular flexibility index (Phi) is 7.49. The molecule has 17 heavy (non-hydrogen) atoms. The normalized spacial score (nSPS) is 8.71. The minimum absolute atomic E-state index is 0. The van der Waals surface area contributed by atoms with Gasteiger partial charge in [-0.15, -0.1) is 6.58 Å². The van der Waals surface area contributed by atoms with E-state index in [-0.39, 0.29) is 27.9 Å². The summed E-state index contributed by atoms with van der Waals surface area (Å²) in [5, 5.41) is 16.7. The summed E-state index contributed by atoms with van der Waals surface area (Å²) in [5.74, 6) is -1.21. The summed E-state index contributed by atoms with van der Waals surface area (Å²) >= 11 is 4.98. The first-order valence-electron chi connectivity index (χ1n) is 4.60. The number of hydrogen-bond donors (Lipinski definition) is 2. The number of nitrogens with one attached hydrogen (secondary N) is 2. The van der Waals surface area contributed by atoms with Crippen molar-refractivity contribution >= 4 is 29.0 Å². The van der Waals surface area contributed by atoms with Crippen LogP contribution in [-0.2, 0) is 22.4 Å². The first-order valence-corrected chi connectivity index (χ1v) is 5.01. The van der Waals surface area contributed by atoms with Crippen molar-refractivity contribution in [3.8, 4) is 0 Å². The molecule has 1 aromatic carbocycles. The number of carboxylic acid groups (broad SMARTS) is 1. The summed E-state index contributed by atoms with van der Waals surface area (Å²) in [6, 6.07) is 6.25. The summed E-state index contributed by atoms with van der Waals surface area (Å²) < 4.78 is 0. The molecule has 0 unspecified atom stereocenters. The van der Waals surface area contributed by atoms with Crippen molar-refractivity contribution in [3.63, 3.8) is 0 Å². The van der Waals surface area contributed by atoms with Gasteiger partial charge in [0.1, 0.15) is 0 Å². The second-order valence-corrected chi connectivity index (χ2v) is 3.40. The van der Waals surface area contributed by atoms with Crippen LogP contribution in [0.4, 0.5) is 5.69 Å². The fourth-order valence-corrected chi connectivity index (χ4v) is 1.27. The van der Waals surface area contributed by atoms with Crippen LogP contribution in [0.2, 0.25) is 0 Å². The van der Waals surface area contributed by atoms with Crippen molar-refractivity contribution in [2.24, 2.45) is 0 Å². The van der Waals surface area contributed by atoms with E-state index in [0.29, 0.717) is 17.3 Å². The van der Waals surface area contributed by atoms with E-state index in [1.165, 1.54) is 12.1 Å². The van der Waals surface area contributed by atoms with E-state index in [9.17, 15) is 9.90 Å². The number of rotatable bonds is 4. The molecule has 0 saturated carbocycles. The Morgan fingerprint density at radius 3 is 2.82 bits per heavy atom. The third-order valence-electron chi connectivity index (χ3n) is 1.76. The molecule has 0 aliphatic rings. The van der Waals surface area contributed by atoms with Gasteiger partial charge < -0.3 is 20.5 Å². The fourth-order valence-electron chi connectivity index (χ4n) is 1.06. The average Bonchev–Trinajstić information content (AvgIpc) is 2.26. The molecule has 0 aromatic heterocycles. The van der Waals surface area contributed by atoms with Crippen molar-refractivity contribution in [1.82, 2.24) is 5.32 Å². The Bertz CT molecular complexity index is 424. The van der Waals surface area contributed by atoms with E-state index in [0.717, 1.165) is 0 Å². The van der Waals surface area contributed by atoms with Gasteiger partial charge in [0.15, 0.2) is 5.11 Å². The van der Waals surface area contributed by atoms with Gasteiger partial charge in [0.2, 0.25) is 0 Å². The van der Waals surface area contributed by atoms with Crippen LogP contribution in [0.25, 0.3) is 0 Å². The maximum atomic E-state index is 10.6. The summed E-state index contributed by atoms with van der Waals surface area (Å²) in [6.07, 6.45) is 1.67. The van der Waals surface area contributed by atoms with E-state index < -0.39 is 5.97 Å². The first-order chi connectivity index (χ1) is 7.63. The summed E-state index contributed by atoms with van der Waals surface area (Å²) in [7, 11) is 0. The Labute approximate surface area is 121 Å². The number of carbonyl (C=O) groups is 1. The number of carbonyl (C=O) groups excluding carboxylic acids is 1. The Balaban J connectivity index is 0.00000256. The number of aromatic carboxylic acids is 1. The van der Waals surface area contributed by atoms with Gasteiger partial charge in [-0.3, -0.25) is 0 Å². The van der Waals surface area contributed by atoms with Gasteiger partial charge >= 0.3 is 22.4 Å². The molecule has 2 N–H and O–H groups in total. The molecule has 94 valence electrons. The molecular formula is C11H11AuN2O2S. The SMILES string of the molecule is C=CCNC(=S)Nc1cccc(C(=O)[O-])c1.[Au+]. The second kappa shape index (κ2) is 8.03. The summed E-state index contributed by atoms with van der Waals surface area (Å²) in [5.41, 5.74) is 0.708. The number of anilines is 1. The Hall–Kier alpha value is -1.14. The molecule has 0 bridgehead atoms. The molecule has 0 aliphatic heterocycles. The zero-order valence-electron chi connectivity index (χ0n) is 8.83. The predicted octanol–water partition coefficient (Wildman–Crippen LogP) is 0.520. The van der Waals surface area contributed by atoms with Crippen molar-refractivity contribution in [2.45, 2.75) is 0 Å². The number of hydrogen-bond acceptors (Lipinski definition) is 3. The zero-order valence-corrected chi connectivity index (χ0v) is 11.8. The quantitative estimate of drug-likeness (QED) is 0.413. The van der Waals surface area contributed by atoms with Crippen LogP contribution in [0.1, 0.15) is 10.4 Å². The van der Waals surface area contributed by atoms with Crippen LogP contribution >= 0.6 is 12.2 Å². The zero-order chi connectivity index (χ0) is 12.0. The van der Waals surface area contributed by atoms with Crippen LogP contribution in [-0.4, -0.2) is 17.6 Å². The molecule has 0 heterocycles. The Morgan fingerprint density at radius 2 is 2.24 bits per heavy atom. The first kappa shape index (κ1) is 15.9. The van der Waals surface area contributed by atoms with E-state index in [1.807, 2.05) is 0 Å². The third-order valence-corrected chi connectivity index (χ3v) is 2.01. The van der Waals surface area contributed by atoms with Gasteiger partial charge in [0.25, 0.3) is 0 Å². The molecular weight excluding hydrogens is 421 g/mol. The molecule has 0 amide bonds. The van der Waals surface area contributed by atoms with Gasteiger partial charge in [0, 0.05) is 12.2 Å². The van der Waals surface area contributed by atoms with Crippen LogP contribution < -0.4 is 15.7 Å². The maximum absolute atomic E-state index is 10.6.